The van der Waals surface area contributed by atoms with Crippen LogP contribution in [0.2, 0.25) is 0 Å². The largest absolute Gasteiger partial charge is 0.0654 e. The first-order valence-corrected chi connectivity index (χ1v) is 22.3. The second kappa shape index (κ2) is 40.2. The maximum Gasteiger partial charge on any atom is -0.0414 e. The normalized spacial score (nSPS) is 12.5. The van der Waals surface area contributed by atoms with Gasteiger partial charge >= 0.3 is 0 Å². The van der Waals surface area contributed by atoms with Crippen LogP contribution >= 0.6 is 0 Å². The van der Waals surface area contributed by atoms with Crippen LogP contribution < -0.4 is 0 Å². The van der Waals surface area contributed by atoms with Crippen LogP contribution in [0.25, 0.3) is 0 Å². The molecule has 0 saturated carbocycles. The Kier molecular flexibility index (Phi) is 40.2. The highest BCUT2D eigenvalue weighted by Crippen LogP contribution is 2.26. The van der Waals surface area contributed by atoms with Gasteiger partial charge in [0.2, 0.25) is 0 Å². The maximum atomic E-state index is 2.37. The van der Waals surface area contributed by atoms with Crippen molar-refractivity contribution >= 4 is 0 Å². The number of hydrogen-bond acceptors (Lipinski definition) is 0. The van der Waals surface area contributed by atoms with Crippen molar-refractivity contribution in [2.75, 3.05) is 0 Å². The third-order valence-electron chi connectivity index (χ3n) is 11.1. The minimum absolute atomic E-state index is 1.03. The summed E-state index contributed by atoms with van der Waals surface area (Å²) in [5.41, 5.74) is 0. The van der Waals surface area contributed by atoms with Crippen molar-refractivity contribution in [2.24, 2.45) is 11.8 Å². The van der Waals surface area contributed by atoms with Crippen molar-refractivity contribution in [3.8, 4) is 0 Å². The molecule has 0 fully saturated rings. The fourth-order valence-corrected chi connectivity index (χ4v) is 7.81. The lowest BCUT2D eigenvalue weighted by Gasteiger charge is -2.17. The van der Waals surface area contributed by atoms with Gasteiger partial charge in [-0.2, -0.15) is 0 Å². The molecule has 0 aromatic carbocycles. The van der Waals surface area contributed by atoms with E-state index >= 15 is 0 Å². The Morgan fingerprint density at radius 1 is 0.178 bits per heavy atom. The fourth-order valence-electron chi connectivity index (χ4n) is 7.81. The van der Waals surface area contributed by atoms with Crippen molar-refractivity contribution in [2.45, 2.75) is 278 Å². The second-order valence-electron chi connectivity index (χ2n) is 15.7. The van der Waals surface area contributed by atoms with Gasteiger partial charge in [-0.05, 0) is 11.8 Å². The number of hydrogen-bond donors (Lipinski definition) is 0. The summed E-state index contributed by atoms with van der Waals surface area (Å²) in [5, 5.41) is 0. The molecule has 0 radical (unpaired) electrons. The summed E-state index contributed by atoms with van der Waals surface area (Å²) < 4.78 is 0. The highest BCUT2D eigenvalue weighted by Gasteiger charge is 2.10. The van der Waals surface area contributed by atoms with E-state index in [2.05, 4.69) is 27.7 Å². The van der Waals surface area contributed by atoms with Gasteiger partial charge in [0.15, 0.2) is 0 Å². The van der Waals surface area contributed by atoms with Gasteiger partial charge < -0.3 is 0 Å². The van der Waals surface area contributed by atoms with Gasteiger partial charge in [0.1, 0.15) is 0 Å². The van der Waals surface area contributed by atoms with Gasteiger partial charge in [0, 0.05) is 0 Å². The highest BCUT2D eigenvalue weighted by atomic mass is 14.2. The summed E-state index contributed by atoms with van der Waals surface area (Å²) in [5.74, 6) is 2.07. The molecule has 0 nitrogen and oxygen atoms in total. The predicted molar refractivity (Wildman–Crippen MR) is 210 cm³/mol. The van der Waals surface area contributed by atoms with Gasteiger partial charge in [0.05, 0.1) is 0 Å². The summed E-state index contributed by atoms with van der Waals surface area (Å²) in [6, 6.07) is 0. The van der Waals surface area contributed by atoms with Gasteiger partial charge in [-0.3, -0.25) is 0 Å². The third-order valence-corrected chi connectivity index (χ3v) is 11.1. The van der Waals surface area contributed by atoms with E-state index in [-0.39, 0.29) is 0 Å². The Morgan fingerprint density at radius 3 is 0.533 bits per heavy atom. The van der Waals surface area contributed by atoms with E-state index in [0.29, 0.717) is 0 Å². The van der Waals surface area contributed by atoms with E-state index in [1.807, 2.05) is 0 Å². The molecule has 0 amide bonds. The zero-order valence-corrected chi connectivity index (χ0v) is 32.7. The minimum Gasteiger partial charge on any atom is -0.0654 e. The Morgan fingerprint density at radius 2 is 0.333 bits per heavy atom. The Labute approximate surface area is 289 Å². The van der Waals surface area contributed by atoms with Crippen LogP contribution in [-0.4, -0.2) is 0 Å². The number of rotatable bonds is 40. The fraction of sp³-hybridized carbons (Fsp3) is 1.00. The van der Waals surface area contributed by atoms with Gasteiger partial charge in [-0.1, -0.05) is 278 Å². The summed E-state index contributed by atoms with van der Waals surface area (Å²) in [4.78, 5) is 0. The van der Waals surface area contributed by atoms with E-state index in [4.69, 9.17) is 0 Å². The predicted octanol–water partition coefficient (Wildman–Crippen LogP) is 17.5. The highest BCUT2D eigenvalue weighted by molar-refractivity contribution is 4.63. The minimum atomic E-state index is 1.03. The Hall–Kier alpha value is 0. The quantitative estimate of drug-likeness (QED) is 0.0590. The summed E-state index contributed by atoms with van der Waals surface area (Å²) in [7, 11) is 0. The molecule has 0 bridgehead atoms. The molecule has 0 aromatic rings. The third kappa shape index (κ3) is 36.7. The molecule has 45 heavy (non-hydrogen) atoms. The van der Waals surface area contributed by atoms with E-state index < -0.39 is 0 Å². The summed E-state index contributed by atoms with van der Waals surface area (Å²) >= 11 is 0. The molecule has 0 heteroatoms. The van der Waals surface area contributed by atoms with Crippen LogP contribution in [0.3, 0.4) is 0 Å². The average Bonchev–Trinajstić information content (AvgIpc) is 3.05. The molecular formula is C45H92. The first-order chi connectivity index (χ1) is 22.3. The molecule has 0 aliphatic carbocycles. The molecular weight excluding hydrogens is 540 g/mol. The molecule has 272 valence electrons. The second-order valence-corrected chi connectivity index (χ2v) is 15.7. The standard InChI is InChI=1S/C45H92/c1-5-9-13-16-28-33-39-44(38-12-8-4)40-36-31-26-24-22-20-19-21-23-25-27-32-37-43-45(41-34-29-17-14-10-6-2)42-35-30-18-15-11-7-3/h44-45H,5-43H2,1-4H3. The van der Waals surface area contributed by atoms with Gasteiger partial charge in [-0.25, -0.2) is 0 Å². The molecule has 0 aliphatic rings. The van der Waals surface area contributed by atoms with Crippen LogP contribution in [0.4, 0.5) is 0 Å². The van der Waals surface area contributed by atoms with E-state index in [1.54, 1.807) is 0 Å². The summed E-state index contributed by atoms with van der Waals surface area (Å²) in [6.45, 7) is 9.36. The van der Waals surface area contributed by atoms with Crippen molar-refractivity contribution in [3.05, 3.63) is 0 Å². The lowest BCUT2D eigenvalue weighted by atomic mass is 9.89. The molecule has 1 atom stereocenters. The Balaban J connectivity index is 3.72. The van der Waals surface area contributed by atoms with Crippen molar-refractivity contribution in [1.29, 1.82) is 0 Å². The average molecular weight is 633 g/mol. The lowest BCUT2D eigenvalue weighted by Crippen LogP contribution is -2.01. The van der Waals surface area contributed by atoms with Crippen molar-refractivity contribution < 1.29 is 0 Å². The molecule has 0 saturated heterocycles. The van der Waals surface area contributed by atoms with E-state index in [9.17, 15) is 0 Å². The Bertz CT molecular complexity index is 478. The zero-order chi connectivity index (χ0) is 32.7. The lowest BCUT2D eigenvalue weighted by molar-refractivity contribution is 0.365. The van der Waals surface area contributed by atoms with E-state index in [1.165, 1.54) is 250 Å². The molecule has 0 aromatic heterocycles. The molecule has 0 rings (SSSR count). The van der Waals surface area contributed by atoms with Crippen LogP contribution in [0, 0.1) is 11.8 Å². The molecule has 0 aliphatic heterocycles. The van der Waals surface area contributed by atoms with Crippen LogP contribution in [0.5, 0.6) is 0 Å². The number of unbranched alkanes of at least 4 members (excludes halogenated alkanes) is 28. The molecule has 0 N–H and O–H groups in total. The maximum absolute atomic E-state index is 2.37. The monoisotopic (exact) mass is 633 g/mol. The molecule has 0 spiro atoms. The smallest absolute Gasteiger partial charge is 0.0414 e. The van der Waals surface area contributed by atoms with Gasteiger partial charge in [-0.15, -0.1) is 0 Å². The zero-order valence-electron chi connectivity index (χ0n) is 32.7. The molecule has 1 unspecified atom stereocenters. The first kappa shape index (κ1) is 45.0. The first-order valence-electron chi connectivity index (χ1n) is 22.3. The SMILES string of the molecule is CCCCCCCCC(CCCC)CCCCCCCCCCCCCCCC(CCCCCCCC)CCCCCCCC. The van der Waals surface area contributed by atoms with Crippen LogP contribution in [0.1, 0.15) is 278 Å². The van der Waals surface area contributed by atoms with Crippen molar-refractivity contribution in [3.63, 3.8) is 0 Å². The van der Waals surface area contributed by atoms with E-state index in [0.717, 1.165) is 11.8 Å². The van der Waals surface area contributed by atoms with Crippen molar-refractivity contribution in [1.82, 2.24) is 0 Å². The van der Waals surface area contributed by atoms with Gasteiger partial charge in [0.25, 0.3) is 0 Å². The summed E-state index contributed by atoms with van der Waals surface area (Å²) in [6.07, 6.45) is 57.7. The molecule has 0 heterocycles. The van der Waals surface area contributed by atoms with Crippen LogP contribution in [-0.2, 0) is 0 Å². The van der Waals surface area contributed by atoms with Crippen LogP contribution in [0.15, 0.2) is 0 Å². The topological polar surface area (TPSA) is 0 Å².